The lowest BCUT2D eigenvalue weighted by atomic mass is 9.92. The van der Waals surface area contributed by atoms with Crippen molar-refractivity contribution in [2.75, 3.05) is 5.32 Å². The monoisotopic (exact) mass is 363 g/mol. The first kappa shape index (κ1) is 18.8. The molecule has 0 atom stereocenters. The van der Waals surface area contributed by atoms with Crippen LogP contribution >= 0.6 is 0 Å². The van der Waals surface area contributed by atoms with Gasteiger partial charge in [0.2, 0.25) is 0 Å². The van der Waals surface area contributed by atoms with Gasteiger partial charge in [0.1, 0.15) is 11.5 Å². The van der Waals surface area contributed by atoms with Gasteiger partial charge < -0.3 is 11.1 Å². The van der Waals surface area contributed by atoms with Crippen LogP contribution in [-0.2, 0) is 18.5 Å². The van der Waals surface area contributed by atoms with Crippen LogP contribution in [0.3, 0.4) is 0 Å². The predicted molar refractivity (Wildman–Crippen MR) is 107 cm³/mol. The molecule has 0 spiro atoms. The molecule has 0 saturated carbocycles. The van der Waals surface area contributed by atoms with Crippen LogP contribution in [0.1, 0.15) is 48.2 Å². The van der Waals surface area contributed by atoms with Crippen molar-refractivity contribution in [3.05, 3.63) is 77.2 Å². The predicted octanol–water partition coefficient (Wildman–Crippen LogP) is 3.33. The van der Waals surface area contributed by atoms with Gasteiger partial charge in [-0.25, -0.2) is 4.98 Å². The summed E-state index contributed by atoms with van der Waals surface area (Å²) in [5.41, 5.74) is 8.65. The smallest absolute Gasteiger partial charge is 0.275 e. The van der Waals surface area contributed by atoms with Crippen molar-refractivity contribution < 1.29 is 4.79 Å². The van der Waals surface area contributed by atoms with Crippen molar-refractivity contribution in [3.8, 4) is 0 Å². The summed E-state index contributed by atoms with van der Waals surface area (Å²) in [6, 6.07) is 17.2. The van der Waals surface area contributed by atoms with Crippen molar-refractivity contribution >= 4 is 11.7 Å². The number of nitrogens with zero attached hydrogens (tertiary/aromatic N) is 3. The van der Waals surface area contributed by atoms with E-state index in [2.05, 4.69) is 36.2 Å². The van der Waals surface area contributed by atoms with Gasteiger partial charge in [-0.2, -0.15) is 5.10 Å². The first-order chi connectivity index (χ1) is 12.9. The summed E-state index contributed by atoms with van der Waals surface area (Å²) in [7, 11) is 0. The molecular formula is C21H25N5O. The van der Waals surface area contributed by atoms with E-state index in [9.17, 15) is 4.79 Å². The lowest BCUT2D eigenvalue weighted by molar-refractivity contribution is 0.101. The summed E-state index contributed by atoms with van der Waals surface area (Å²) in [6.07, 6.45) is 0. The molecule has 1 aromatic carbocycles. The van der Waals surface area contributed by atoms with E-state index in [1.54, 1.807) is 10.7 Å². The number of hydrogen-bond donors (Lipinski definition) is 2. The zero-order valence-corrected chi connectivity index (χ0v) is 15.9. The van der Waals surface area contributed by atoms with E-state index >= 15 is 0 Å². The molecule has 0 radical (unpaired) electrons. The number of rotatable bonds is 5. The van der Waals surface area contributed by atoms with Gasteiger partial charge in [-0.15, -0.1) is 0 Å². The highest BCUT2D eigenvalue weighted by atomic mass is 16.2. The molecule has 6 nitrogen and oxygen atoms in total. The molecule has 0 aliphatic carbocycles. The number of nitrogens with two attached hydrogens (primary N) is 1. The minimum Gasteiger partial charge on any atom is -0.325 e. The van der Waals surface area contributed by atoms with Crippen LogP contribution in [0.2, 0.25) is 0 Å². The molecule has 0 aliphatic rings. The number of anilines is 1. The quantitative estimate of drug-likeness (QED) is 0.728. The lowest BCUT2D eigenvalue weighted by Gasteiger charge is -2.14. The SMILES string of the molecule is CC(C)(C)c1cc(C(=O)Nc2cccc(CN)n2)n(Cc2ccccc2)n1. The van der Waals surface area contributed by atoms with Gasteiger partial charge in [0.05, 0.1) is 17.9 Å². The molecule has 0 bridgehead atoms. The Labute approximate surface area is 159 Å². The van der Waals surface area contributed by atoms with E-state index in [0.717, 1.165) is 17.0 Å². The second-order valence-corrected chi connectivity index (χ2v) is 7.48. The van der Waals surface area contributed by atoms with Gasteiger partial charge >= 0.3 is 0 Å². The molecule has 0 fully saturated rings. The average molecular weight is 363 g/mol. The van der Waals surface area contributed by atoms with Crippen molar-refractivity contribution in [1.29, 1.82) is 0 Å². The Morgan fingerprint density at radius 1 is 1.11 bits per heavy atom. The Morgan fingerprint density at radius 2 is 1.85 bits per heavy atom. The molecule has 6 heteroatoms. The van der Waals surface area contributed by atoms with E-state index in [0.29, 0.717) is 24.6 Å². The van der Waals surface area contributed by atoms with E-state index in [1.165, 1.54) is 0 Å². The molecule has 3 aromatic rings. The summed E-state index contributed by atoms with van der Waals surface area (Å²) in [5.74, 6) is 0.239. The summed E-state index contributed by atoms with van der Waals surface area (Å²) >= 11 is 0. The van der Waals surface area contributed by atoms with E-state index in [-0.39, 0.29) is 11.3 Å². The Hall–Kier alpha value is -2.99. The minimum atomic E-state index is -0.240. The fraction of sp³-hybridized carbons (Fsp3) is 0.286. The second kappa shape index (κ2) is 7.72. The Morgan fingerprint density at radius 3 is 2.52 bits per heavy atom. The van der Waals surface area contributed by atoms with Crippen LogP contribution in [0.5, 0.6) is 0 Å². The first-order valence-electron chi connectivity index (χ1n) is 8.96. The molecule has 140 valence electrons. The van der Waals surface area contributed by atoms with Crippen LogP contribution in [0, 0.1) is 0 Å². The van der Waals surface area contributed by atoms with Crippen LogP contribution in [0.25, 0.3) is 0 Å². The van der Waals surface area contributed by atoms with Crippen LogP contribution in [0.15, 0.2) is 54.6 Å². The minimum absolute atomic E-state index is 0.158. The second-order valence-electron chi connectivity index (χ2n) is 7.48. The van der Waals surface area contributed by atoms with Crippen molar-refractivity contribution in [3.63, 3.8) is 0 Å². The van der Waals surface area contributed by atoms with E-state index in [4.69, 9.17) is 5.73 Å². The summed E-state index contributed by atoms with van der Waals surface area (Å²) in [6.45, 7) is 7.09. The van der Waals surface area contributed by atoms with Gasteiger partial charge in [0.15, 0.2) is 0 Å². The largest absolute Gasteiger partial charge is 0.325 e. The number of aromatic nitrogens is 3. The molecule has 2 heterocycles. The van der Waals surface area contributed by atoms with Crippen LogP contribution in [0.4, 0.5) is 5.82 Å². The molecule has 2 aromatic heterocycles. The first-order valence-corrected chi connectivity index (χ1v) is 8.96. The molecule has 27 heavy (non-hydrogen) atoms. The van der Waals surface area contributed by atoms with Gasteiger partial charge in [-0.05, 0) is 23.8 Å². The Balaban J connectivity index is 1.92. The molecule has 1 amide bonds. The number of carbonyl (C=O) groups excluding carboxylic acids is 1. The molecule has 3 rings (SSSR count). The summed E-state index contributed by atoms with van der Waals surface area (Å²) in [4.78, 5) is 17.3. The zero-order chi connectivity index (χ0) is 19.4. The topological polar surface area (TPSA) is 85.8 Å². The molecule has 3 N–H and O–H groups in total. The fourth-order valence-electron chi connectivity index (χ4n) is 2.69. The Bertz CT molecular complexity index is 925. The molecule has 0 saturated heterocycles. The Kier molecular flexibility index (Phi) is 5.37. The van der Waals surface area contributed by atoms with Gasteiger partial charge in [-0.1, -0.05) is 57.2 Å². The maximum absolute atomic E-state index is 12.9. The number of pyridine rings is 1. The molecule has 0 unspecified atom stereocenters. The average Bonchev–Trinajstić information content (AvgIpc) is 3.07. The van der Waals surface area contributed by atoms with Crippen molar-refractivity contribution in [2.24, 2.45) is 5.73 Å². The highest BCUT2D eigenvalue weighted by Gasteiger charge is 2.23. The van der Waals surface area contributed by atoms with E-state index in [1.807, 2.05) is 48.5 Å². The summed E-state index contributed by atoms with van der Waals surface area (Å²) in [5, 5.41) is 7.55. The lowest BCUT2D eigenvalue weighted by Crippen LogP contribution is -2.19. The highest BCUT2D eigenvalue weighted by Crippen LogP contribution is 2.23. The third-order valence-corrected chi connectivity index (χ3v) is 4.21. The standard InChI is InChI=1S/C21H25N5O/c1-21(2,3)18-12-17(26(25-18)14-15-8-5-4-6-9-15)20(27)24-19-11-7-10-16(13-22)23-19/h4-12H,13-14,22H2,1-3H3,(H,23,24,27). The van der Waals surface area contributed by atoms with Gasteiger partial charge in [0, 0.05) is 12.0 Å². The maximum Gasteiger partial charge on any atom is 0.275 e. The number of benzene rings is 1. The maximum atomic E-state index is 12.9. The van der Waals surface area contributed by atoms with Crippen molar-refractivity contribution in [1.82, 2.24) is 14.8 Å². The number of amides is 1. The number of hydrogen-bond acceptors (Lipinski definition) is 4. The molecular weight excluding hydrogens is 338 g/mol. The van der Waals surface area contributed by atoms with Gasteiger partial charge in [-0.3, -0.25) is 9.48 Å². The third-order valence-electron chi connectivity index (χ3n) is 4.21. The third kappa shape index (κ3) is 4.60. The molecule has 0 aliphatic heterocycles. The van der Waals surface area contributed by atoms with Crippen LogP contribution in [-0.4, -0.2) is 20.7 Å². The van der Waals surface area contributed by atoms with E-state index < -0.39 is 0 Å². The number of carbonyl (C=O) groups is 1. The van der Waals surface area contributed by atoms with Crippen LogP contribution < -0.4 is 11.1 Å². The summed E-state index contributed by atoms with van der Waals surface area (Å²) < 4.78 is 1.75. The number of nitrogens with one attached hydrogen (secondary N) is 1. The fourth-order valence-corrected chi connectivity index (χ4v) is 2.69. The normalized spacial score (nSPS) is 11.4. The van der Waals surface area contributed by atoms with Crippen molar-refractivity contribution in [2.45, 2.75) is 39.3 Å². The highest BCUT2D eigenvalue weighted by molar-refractivity contribution is 6.02. The van der Waals surface area contributed by atoms with Gasteiger partial charge in [0.25, 0.3) is 5.91 Å². The zero-order valence-electron chi connectivity index (χ0n) is 15.9.